The van der Waals surface area contributed by atoms with Crippen molar-refractivity contribution in [3.63, 3.8) is 0 Å². The van der Waals surface area contributed by atoms with Gasteiger partial charge < -0.3 is 14.2 Å². The largest absolute Gasteiger partial charge is 0.486 e. The van der Waals surface area contributed by atoms with Crippen LogP contribution in [-0.4, -0.2) is 37.9 Å². The molecular formula is C21H24N2O4S. The molecule has 1 amide bonds. The number of rotatable bonds is 8. The van der Waals surface area contributed by atoms with E-state index in [1.807, 2.05) is 50.2 Å². The first-order valence-corrected chi connectivity index (χ1v) is 9.95. The van der Waals surface area contributed by atoms with Crippen LogP contribution in [0.1, 0.15) is 17.5 Å². The van der Waals surface area contributed by atoms with Gasteiger partial charge in [-0.2, -0.15) is 0 Å². The second-order valence-corrected chi connectivity index (χ2v) is 7.25. The molecule has 0 bridgehead atoms. The smallest absolute Gasteiger partial charge is 0.414 e. The van der Waals surface area contributed by atoms with Crippen molar-refractivity contribution in [3.05, 3.63) is 53.0 Å². The molecule has 0 aliphatic heterocycles. The van der Waals surface area contributed by atoms with E-state index in [0.29, 0.717) is 26.4 Å². The number of aryl methyl sites for hydroxylation is 1. The van der Waals surface area contributed by atoms with E-state index in [1.54, 1.807) is 16.2 Å². The lowest BCUT2D eigenvalue weighted by Gasteiger charge is -2.23. The molecule has 6 nitrogen and oxygen atoms in total. The van der Waals surface area contributed by atoms with Gasteiger partial charge in [-0.3, -0.25) is 4.90 Å². The summed E-state index contributed by atoms with van der Waals surface area (Å²) < 4.78 is 17.3. The fourth-order valence-corrected chi connectivity index (χ4v) is 3.75. The predicted molar refractivity (Wildman–Crippen MR) is 111 cm³/mol. The van der Waals surface area contributed by atoms with Crippen molar-refractivity contribution in [1.82, 2.24) is 4.98 Å². The molecule has 3 rings (SSSR count). The molecule has 0 saturated heterocycles. The Labute approximate surface area is 168 Å². The summed E-state index contributed by atoms with van der Waals surface area (Å²) in [6, 6.07) is 13.7. The molecule has 0 radical (unpaired) electrons. The molecule has 0 aliphatic carbocycles. The van der Waals surface area contributed by atoms with Crippen molar-refractivity contribution >= 4 is 33.3 Å². The van der Waals surface area contributed by atoms with E-state index in [9.17, 15) is 4.79 Å². The number of methoxy groups -OCH3 is 1. The van der Waals surface area contributed by atoms with E-state index in [4.69, 9.17) is 14.2 Å². The van der Waals surface area contributed by atoms with Crippen LogP contribution in [-0.2, 0) is 16.1 Å². The standard InChI is InChI=1S/C21H24N2O4S/c1-4-26-12-11-23(21(24)25-3)18-10-9-16(13-15(18)2)27-14-20-22-17-7-5-6-8-19(17)28-20/h5-10,13H,4,11-12,14H2,1-3H3. The highest BCUT2D eigenvalue weighted by Gasteiger charge is 2.18. The fraction of sp³-hybridized carbons (Fsp3) is 0.333. The van der Waals surface area contributed by atoms with Crippen LogP contribution >= 0.6 is 11.3 Å². The van der Waals surface area contributed by atoms with Crippen LogP contribution in [0.15, 0.2) is 42.5 Å². The van der Waals surface area contributed by atoms with Crippen LogP contribution in [0.3, 0.4) is 0 Å². The SMILES string of the molecule is CCOCCN(C(=O)OC)c1ccc(OCc2nc3ccccc3s2)cc1C. The molecule has 1 heterocycles. The minimum Gasteiger partial charge on any atom is -0.486 e. The van der Waals surface area contributed by atoms with Crippen molar-refractivity contribution in [1.29, 1.82) is 0 Å². The Kier molecular flexibility index (Phi) is 6.84. The maximum Gasteiger partial charge on any atom is 0.414 e. The number of para-hydroxylation sites is 1. The zero-order chi connectivity index (χ0) is 19.9. The van der Waals surface area contributed by atoms with Crippen LogP contribution in [0.25, 0.3) is 10.2 Å². The van der Waals surface area contributed by atoms with E-state index < -0.39 is 6.09 Å². The molecule has 2 aromatic carbocycles. The van der Waals surface area contributed by atoms with Gasteiger partial charge in [-0.05, 0) is 49.7 Å². The second-order valence-electron chi connectivity index (χ2n) is 6.13. The number of anilines is 1. The van der Waals surface area contributed by atoms with Gasteiger partial charge in [0.2, 0.25) is 0 Å². The number of aromatic nitrogens is 1. The first kappa shape index (κ1) is 20.1. The van der Waals surface area contributed by atoms with E-state index in [-0.39, 0.29) is 0 Å². The maximum absolute atomic E-state index is 12.1. The highest BCUT2D eigenvalue weighted by molar-refractivity contribution is 7.18. The molecule has 0 saturated carbocycles. The van der Waals surface area contributed by atoms with Gasteiger partial charge in [-0.15, -0.1) is 11.3 Å². The molecule has 0 spiro atoms. The van der Waals surface area contributed by atoms with Crippen molar-refractivity contribution < 1.29 is 19.0 Å². The van der Waals surface area contributed by atoms with Crippen molar-refractivity contribution in [2.24, 2.45) is 0 Å². The molecule has 0 aliphatic rings. The monoisotopic (exact) mass is 400 g/mol. The second kappa shape index (κ2) is 9.52. The number of ether oxygens (including phenoxy) is 3. The summed E-state index contributed by atoms with van der Waals surface area (Å²) in [7, 11) is 1.38. The Balaban J connectivity index is 1.70. The highest BCUT2D eigenvalue weighted by Crippen LogP contribution is 2.27. The lowest BCUT2D eigenvalue weighted by molar-refractivity contribution is 0.146. The zero-order valence-electron chi connectivity index (χ0n) is 16.3. The molecule has 0 unspecified atom stereocenters. The third-order valence-corrected chi connectivity index (χ3v) is 5.23. The van der Waals surface area contributed by atoms with Crippen LogP contribution in [0.2, 0.25) is 0 Å². The molecule has 148 valence electrons. The minimum absolute atomic E-state index is 0.406. The van der Waals surface area contributed by atoms with E-state index in [1.165, 1.54) is 7.11 Å². The molecule has 0 N–H and O–H groups in total. The van der Waals surface area contributed by atoms with Crippen LogP contribution in [0.4, 0.5) is 10.5 Å². The summed E-state index contributed by atoms with van der Waals surface area (Å²) in [5, 5.41) is 0.927. The minimum atomic E-state index is -0.411. The first-order chi connectivity index (χ1) is 13.6. The maximum atomic E-state index is 12.1. The van der Waals surface area contributed by atoms with Crippen LogP contribution in [0, 0.1) is 6.92 Å². The Bertz CT molecular complexity index is 908. The molecule has 3 aromatic rings. The lowest BCUT2D eigenvalue weighted by atomic mass is 10.1. The predicted octanol–water partition coefficient (Wildman–Crippen LogP) is 4.79. The molecule has 28 heavy (non-hydrogen) atoms. The lowest BCUT2D eigenvalue weighted by Crippen LogP contribution is -2.34. The number of amides is 1. The summed E-state index contributed by atoms with van der Waals surface area (Å²) in [5.74, 6) is 0.732. The summed E-state index contributed by atoms with van der Waals surface area (Å²) >= 11 is 1.63. The number of thiazole rings is 1. The van der Waals surface area contributed by atoms with Crippen molar-refractivity contribution in [3.8, 4) is 5.75 Å². The summed E-state index contributed by atoms with van der Waals surface area (Å²) in [4.78, 5) is 18.3. The van der Waals surface area contributed by atoms with E-state index in [2.05, 4.69) is 11.1 Å². The number of carbonyl (C=O) groups is 1. The zero-order valence-corrected chi connectivity index (χ0v) is 17.1. The molecule has 0 fully saturated rings. The van der Waals surface area contributed by atoms with Crippen LogP contribution < -0.4 is 9.64 Å². The Hall–Kier alpha value is -2.64. The summed E-state index contributed by atoms with van der Waals surface area (Å²) in [6.45, 7) is 5.74. The Morgan fingerprint density at radius 1 is 1.21 bits per heavy atom. The number of nitrogens with zero attached hydrogens (tertiary/aromatic N) is 2. The first-order valence-electron chi connectivity index (χ1n) is 9.13. The number of hydrogen-bond donors (Lipinski definition) is 0. The number of hydrogen-bond acceptors (Lipinski definition) is 6. The summed E-state index contributed by atoms with van der Waals surface area (Å²) in [6.07, 6.45) is -0.411. The van der Waals surface area contributed by atoms with Gasteiger partial charge in [-0.25, -0.2) is 9.78 Å². The molecule has 1 aromatic heterocycles. The Morgan fingerprint density at radius 2 is 2.04 bits per heavy atom. The average molecular weight is 401 g/mol. The normalized spacial score (nSPS) is 10.8. The third kappa shape index (κ3) is 4.79. The van der Waals surface area contributed by atoms with Crippen LogP contribution in [0.5, 0.6) is 5.75 Å². The quantitative estimate of drug-likeness (QED) is 0.509. The summed E-state index contributed by atoms with van der Waals surface area (Å²) in [5.41, 5.74) is 2.68. The van der Waals surface area contributed by atoms with Gasteiger partial charge in [0.05, 0.1) is 36.2 Å². The van der Waals surface area contributed by atoms with Gasteiger partial charge in [0.15, 0.2) is 0 Å². The topological polar surface area (TPSA) is 60.9 Å². The van der Waals surface area contributed by atoms with Gasteiger partial charge in [-0.1, -0.05) is 12.1 Å². The molecule has 7 heteroatoms. The Morgan fingerprint density at radius 3 is 2.75 bits per heavy atom. The van der Waals surface area contributed by atoms with E-state index in [0.717, 1.165) is 32.2 Å². The van der Waals surface area contributed by atoms with Gasteiger partial charge in [0, 0.05) is 6.61 Å². The third-order valence-electron chi connectivity index (χ3n) is 4.22. The van der Waals surface area contributed by atoms with E-state index >= 15 is 0 Å². The van der Waals surface area contributed by atoms with Gasteiger partial charge in [0.25, 0.3) is 0 Å². The number of fused-ring (bicyclic) bond motifs is 1. The van der Waals surface area contributed by atoms with Crippen molar-refractivity contribution in [2.75, 3.05) is 31.8 Å². The number of carbonyl (C=O) groups excluding carboxylic acids is 1. The molecule has 0 atom stereocenters. The fourth-order valence-electron chi connectivity index (χ4n) is 2.87. The molecular weight excluding hydrogens is 376 g/mol. The van der Waals surface area contributed by atoms with Gasteiger partial charge >= 0.3 is 6.09 Å². The van der Waals surface area contributed by atoms with Crippen molar-refractivity contribution in [2.45, 2.75) is 20.5 Å². The average Bonchev–Trinajstić information content (AvgIpc) is 3.13. The number of benzene rings is 2. The van der Waals surface area contributed by atoms with Gasteiger partial charge in [0.1, 0.15) is 17.4 Å². The highest BCUT2D eigenvalue weighted by atomic mass is 32.1.